The topological polar surface area (TPSA) is 37.8 Å². The molecule has 0 aliphatic carbocycles. The van der Waals surface area contributed by atoms with Crippen molar-refractivity contribution in [2.45, 2.75) is 26.7 Å². The van der Waals surface area contributed by atoms with Crippen LogP contribution in [0.3, 0.4) is 0 Å². The summed E-state index contributed by atoms with van der Waals surface area (Å²) in [5.74, 6) is 0.794. The fraction of sp³-hybridized carbons (Fsp3) is 0.375. The van der Waals surface area contributed by atoms with E-state index in [1.807, 2.05) is 33.0 Å². The largest absolute Gasteiger partial charge is 0.319 e. The molecule has 5 heteroatoms. The monoisotopic (exact) mass is 323 g/mol. The Kier molecular flexibility index (Phi) is 5.57. The number of benzene rings is 1. The summed E-state index contributed by atoms with van der Waals surface area (Å²) in [7, 11) is 1.95. The highest BCUT2D eigenvalue weighted by Crippen LogP contribution is 2.23. The van der Waals surface area contributed by atoms with Gasteiger partial charge in [-0.15, -0.1) is 0 Å². The Morgan fingerprint density at radius 1 is 1.10 bits per heavy atom. The van der Waals surface area contributed by atoms with E-state index in [2.05, 4.69) is 15.3 Å². The number of hydrogen-bond donors (Lipinski definition) is 1. The van der Waals surface area contributed by atoms with Gasteiger partial charge in [-0.3, -0.25) is 0 Å². The van der Waals surface area contributed by atoms with Crippen LogP contribution >= 0.6 is 23.2 Å². The van der Waals surface area contributed by atoms with Gasteiger partial charge in [-0.1, -0.05) is 29.3 Å². The molecule has 0 unspecified atom stereocenters. The van der Waals surface area contributed by atoms with Gasteiger partial charge in [0.25, 0.3) is 0 Å². The number of aromatic nitrogens is 2. The molecule has 2 aromatic rings. The number of halogens is 2. The molecule has 21 heavy (non-hydrogen) atoms. The smallest absolute Gasteiger partial charge is 0.133 e. The van der Waals surface area contributed by atoms with Crippen molar-refractivity contribution in [1.29, 1.82) is 0 Å². The van der Waals surface area contributed by atoms with E-state index in [-0.39, 0.29) is 0 Å². The summed E-state index contributed by atoms with van der Waals surface area (Å²) >= 11 is 12.1. The van der Waals surface area contributed by atoms with Crippen LogP contribution < -0.4 is 5.32 Å². The van der Waals surface area contributed by atoms with Gasteiger partial charge in [0.2, 0.25) is 0 Å². The Morgan fingerprint density at radius 3 is 2.33 bits per heavy atom. The number of likely N-dealkylation sites (N-methyl/N-ethyl adjacent to an activating group) is 1. The predicted molar refractivity (Wildman–Crippen MR) is 88.4 cm³/mol. The zero-order valence-corrected chi connectivity index (χ0v) is 14.0. The SMILES string of the molecule is CNCCc1c(C)nc(Cc2ccc(Cl)cc2Cl)nc1C. The fourth-order valence-corrected chi connectivity index (χ4v) is 2.81. The number of rotatable bonds is 5. The lowest BCUT2D eigenvalue weighted by atomic mass is 10.1. The fourth-order valence-electron chi connectivity index (χ4n) is 2.34. The van der Waals surface area contributed by atoms with Crippen molar-refractivity contribution in [3.8, 4) is 0 Å². The van der Waals surface area contributed by atoms with E-state index in [0.29, 0.717) is 16.5 Å². The molecule has 0 fully saturated rings. The first-order valence-electron chi connectivity index (χ1n) is 6.92. The van der Waals surface area contributed by atoms with Gasteiger partial charge in [-0.25, -0.2) is 9.97 Å². The highest BCUT2D eigenvalue weighted by Gasteiger charge is 2.10. The van der Waals surface area contributed by atoms with Crippen molar-refractivity contribution >= 4 is 23.2 Å². The Bertz CT molecular complexity index is 618. The van der Waals surface area contributed by atoms with Crippen molar-refractivity contribution < 1.29 is 0 Å². The average Bonchev–Trinajstić information content (AvgIpc) is 2.41. The van der Waals surface area contributed by atoms with Gasteiger partial charge < -0.3 is 5.32 Å². The van der Waals surface area contributed by atoms with Crippen molar-refractivity contribution in [2.75, 3.05) is 13.6 Å². The molecular weight excluding hydrogens is 305 g/mol. The molecule has 0 saturated carbocycles. The minimum absolute atomic E-state index is 0.615. The molecule has 2 rings (SSSR count). The molecule has 0 amide bonds. The van der Waals surface area contributed by atoms with Crippen molar-refractivity contribution in [3.05, 3.63) is 56.6 Å². The average molecular weight is 324 g/mol. The lowest BCUT2D eigenvalue weighted by molar-refractivity contribution is 0.766. The molecule has 0 radical (unpaired) electrons. The van der Waals surface area contributed by atoms with Crippen molar-refractivity contribution in [2.24, 2.45) is 0 Å². The van der Waals surface area contributed by atoms with Crippen LogP contribution in [0.25, 0.3) is 0 Å². The molecule has 0 aliphatic heterocycles. The molecular formula is C16H19Cl2N3. The first kappa shape index (κ1) is 16.2. The second-order valence-electron chi connectivity index (χ2n) is 5.06. The first-order valence-corrected chi connectivity index (χ1v) is 7.68. The quantitative estimate of drug-likeness (QED) is 0.910. The van der Waals surface area contributed by atoms with Crippen LogP contribution in [0.2, 0.25) is 10.0 Å². The second-order valence-corrected chi connectivity index (χ2v) is 5.90. The van der Waals surface area contributed by atoms with Gasteiger partial charge in [-0.05, 0) is 57.1 Å². The zero-order valence-electron chi connectivity index (χ0n) is 12.5. The third kappa shape index (κ3) is 4.16. The lowest BCUT2D eigenvalue weighted by Gasteiger charge is -2.11. The highest BCUT2D eigenvalue weighted by molar-refractivity contribution is 6.35. The van der Waals surface area contributed by atoms with E-state index in [4.69, 9.17) is 23.2 Å². The van der Waals surface area contributed by atoms with Crippen LogP contribution in [0, 0.1) is 13.8 Å². The Balaban J connectivity index is 2.25. The Labute approximate surface area is 135 Å². The number of nitrogens with one attached hydrogen (secondary N) is 1. The Morgan fingerprint density at radius 2 is 1.76 bits per heavy atom. The highest BCUT2D eigenvalue weighted by atomic mass is 35.5. The minimum Gasteiger partial charge on any atom is -0.319 e. The van der Waals surface area contributed by atoms with Gasteiger partial charge in [-0.2, -0.15) is 0 Å². The van der Waals surface area contributed by atoms with E-state index >= 15 is 0 Å². The second kappa shape index (κ2) is 7.21. The van der Waals surface area contributed by atoms with Crippen LogP contribution in [0.5, 0.6) is 0 Å². The van der Waals surface area contributed by atoms with Gasteiger partial charge >= 0.3 is 0 Å². The third-order valence-electron chi connectivity index (χ3n) is 3.46. The van der Waals surface area contributed by atoms with Crippen molar-refractivity contribution in [1.82, 2.24) is 15.3 Å². The molecule has 1 aromatic carbocycles. The van der Waals surface area contributed by atoms with Gasteiger partial charge in [0.1, 0.15) is 5.82 Å². The summed E-state index contributed by atoms with van der Waals surface area (Å²) < 4.78 is 0. The van der Waals surface area contributed by atoms with E-state index < -0.39 is 0 Å². The maximum Gasteiger partial charge on any atom is 0.133 e. The van der Waals surface area contributed by atoms with E-state index in [1.54, 1.807) is 6.07 Å². The molecule has 1 aromatic heterocycles. The Hall–Kier alpha value is -1.16. The van der Waals surface area contributed by atoms with Crippen LogP contribution in [-0.2, 0) is 12.8 Å². The summed E-state index contributed by atoms with van der Waals surface area (Å²) in [6, 6.07) is 5.51. The van der Waals surface area contributed by atoms with Gasteiger partial charge in [0, 0.05) is 27.9 Å². The molecule has 3 nitrogen and oxygen atoms in total. The molecule has 0 atom stereocenters. The molecule has 112 valence electrons. The number of aryl methyl sites for hydroxylation is 2. The summed E-state index contributed by atoms with van der Waals surface area (Å²) in [6.07, 6.45) is 1.56. The van der Waals surface area contributed by atoms with Gasteiger partial charge in [0.05, 0.1) is 0 Å². The maximum atomic E-state index is 6.21. The van der Waals surface area contributed by atoms with Crippen LogP contribution in [0.15, 0.2) is 18.2 Å². The van der Waals surface area contributed by atoms with Crippen molar-refractivity contribution in [3.63, 3.8) is 0 Å². The van der Waals surface area contributed by atoms with E-state index in [1.165, 1.54) is 5.56 Å². The summed E-state index contributed by atoms with van der Waals surface area (Å²) in [5.41, 5.74) is 4.29. The maximum absolute atomic E-state index is 6.21. The molecule has 1 N–H and O–H groups in total. The molecule has 0 aliphatic rings. The number of hydrogen-bond acceptors (Lipinski definition) is 3. The van der Waals surface area contributed by atoms with Crippen LogP contribution in [-0.4, -0.2) is 23.6 Å². The summed E-state index contributed by atoms with van der Waals surface area (Å²) in [6.45, 7) is 4.99. The van der Waals surface area contributed by atoms with Gasteiger partial charge in [0.15, 0.2) is 0 Å². The predicted octanol–water partition coefficient (Wildman–Crippen LogP) is 3.75. The summed E-state index contributed by atoms with van der Waals surface area (Å²) in [5, 5.41) is 4.44. The minimum atomic E-state index is 0.615. The molecule has 0 saturated heterocycles. The lowest BCUT2D eigenvalue weighted by Crippen LogP contribution is -2.14. The first-order chi connectivity index (χ1) is 10.0. The molecule has 0 spiro atoms. The van der Waals surface area contributed by atoms with Crippen LogP contribution in [0.4, 0.5) is 0 Å². The standard InChI is InChI=1S/C16H19Cl2N3/c1-10-14(6-7-19-3)11(2)21-16(20-10)8-12-4-5-13(17)9-15(12)18/h4-5,9,19H,6-8H2,1-3H3. The normalized spacial score (nSPS) is 10.9. The third-order valence-corrected chi connectivity index (χ3v) is 4.04. The van der Waals surface area contributed by atoms with Crippen LogP contribution in [0.1, 0.15) is 28.3 Å². The van der Waals surface area contributed by atoms with E-state index in [9.17, 15) is 0 Å². The molecule has 1 heterocycles. The zero-order chi connectivity index (χ0) is 15.4. The molecule has 0 bridgehead atoms. The number of nitrogens with zero attached hydrogens (tertiary/aromatic N) is 2. The summed E-state index contributed by atoms with van der Waals surface area (Å²) in [4.78, 5) is 9.23. The van der Waals surface area contributed by atoms with E-state index in [0.717, 1.165) is 35.7 Å².